The van der Waals surface area contributed by atoms with Gasteiger partial charge in [0, 0.05) is 18.7 Å². The zero-order valence-corrected chi connectivity index (χ0v) is 17.4. The third-order valence-corrected chi connectivity index (χ3v) is 6.28. The van der Waals surface area contributed by atoms with Gasteiger partial charge in [-0.2, -0.15) is 0 Å². The number of rotatable bonds is 5. The van der Waals surface area contributed by atoms with Crippen molar-refractivity contribution in [1.29, 1.82) is 0 Å². The smallest absolute Gasteiger partial charge is 0.254 e. The molecule has 0 saturated carbocycles. The van der Waals surface area contributed by atoms with Crippen LogP contribution in [0.1, 0.15) is 51.5 Å². The van der Waals surface area contributed by atoms with E-state index in [0.29, 0.717) is 32.8 Å². The molecule has 4 rings (SSSR count). The second-order valence-corrected chi connectivity index (χ2v) is 8.00. The summed E-state index contributed by atoms with van der Waals surface area (Å²) in [6, 6.07) is 9.93. The van der Waals surface area contributed by atoms with Gasteiger partial charge in [-0.1, -0.05) is 12.1 Å². The average molecular weight is 395 g/mol. The first-order chi connectivity index (χ1) is 14.0. The molecule has 2 heterocycles. The Balaban J connectivity index is 1.60. The fourth-order valence-corrected chi connectivity index (χ4v) is 4.38. The van der Waals surface area contributed by atoms with Crippen molar-refractivity contribution in [3.05, 3.63) is 63.7 Å². The van der Waals surface area contributed by atoms with Crippen LogP contribution in [-0.2, 0) is 17.7 Å². The summed E-state index contributed by atoms with van der Waals surface area (Å²) in [6.45, 7) is 8.36. The number of ether oxygens (including phenoxy) is 2. The summed E-state index contributed by atoms with van der Waals surface area (Å²) in [5.41, 5.74) is 6.61. The molecular formula is C24H29NO4. The molecule has 5 heteroatoms. The largest absolute Gasteiger partial charge is 0.494 e. The summed E-state index contributed by atoms with van der Waals surface area (Å²) >= 11 is 0. The van der Waals surface area contributed by atoms with Gasteiger partial charge in [0.1, 0.15) is 5.75 Å². The van der Waals surface area contributed by atoms with Crippen LogP contribution in [0, 0.1) is 13.8 Å². The number of carbonyl (C=O) groups is 1. The van der Waals surface area contributed by atoms with Crippen LogP contribution in [-0.4, -0.2) is 47.9 Å². The Labute approximate surface area is 172 Å². The number of amides is 1. The lowest BCUT2D eigenvalue weighted by Gasteiger charge is -2.34. The Bertz CT molecular complexity index is 906. The molecule has 2 aliphatic heterocycles. The summed E-state index contributed by atoms with van der Waals surface area (Å²) in [5.74, 6) is 0.878. The summed E-state index contributed by atoms with van der Waals surface area (Å²) < 4.78 is 11.1. The first kappa shape index (κ1) is 19.9. The SMILES string of the molecule is CCOc1ccc(Cc2cc3c(c(C)c2C)CN([C@H]2COCC[C@@H]2O)C3=O)cc1. The third-order valence-electron chi connectivity index (χ3n) is 6.28. The van der Waals surface area contributed by atoms with Crippen LogP contribution >= 0.6 is 0 Å². The fourth-order valence-electron chi connectivity index (χ4n) is 4.38. The molecule has 2 aromatic rings. The molecule has 5 nitrogen and oxygen atoms in total. The van der Waals surface area contributed by atoms with Crippen molar-refractivity contribution in [3.63, 3.8) is 0 Å². The van der Waals surface area contributed by atoms with Gasteiger partial charge >= 0.3 is 0 Å². The quantitative estimate of drug-likeness (QED) is 0.843. The maximum absolute atomic E-state index is 13.2. The van der Waals surface area contributed by atoms with Gasteiger partial charge in [-0.3, -0.25) is 4.79 Å². The van der Waals surface area contributed by atoms with E-state index in [4.69, 9.17) is 9.47 Å². The van der Waals surface area contributed by atoms with E-state index in [0.717, 1.165) is 23.3 Å². The molecule has 0 radical (unpaired) electrons. The summed E-state index contributed by atoms with van der Waals surface area (Å²) in [7, 11) is 0. The number of hydrogen-bond acceptors (Lipinski definition) is 4. The first-order valence-electron chi connectivity index (χ1n) is 10.4. The molecule has 2 aromatic carbocycles. The second-order valence-electron chi connectivity index (χ2n) is 8.00. The zero-order chi connectivity index (χ0) is 20.5. The van der Waals surface area contributed by atoms with Gasteiger partial charge < -0.3 is 19.5 Å². The van der Waals surface area contributed by atoms with E-state index in [1.165, 1.54) is 22.3 Å². The van der Waals surface area contributed by atoms with Crippen LogP contribution in [0.3, 0.4) is 0 Å². The van der Waals surface area contributed by atoms with Gasteiger partial charge in [0.05, 0.1) is 25.4 Å². The molecule has 0 aromatic heterocycles. The van der Waals surface area contributed by atoms with Gasteiger partial charge in [0.25, 0.3) is 5.91 Å². The number of benzene rings is 2. The van der Waals surface area contributed by atoms with Gasteiger partial charge in [0.15, 0.2) is 0 Å². The van der Waals surface area contributed by atoms with E-state index in [1.54, 1.807) is 4.90 Å². The normalized spacial score (nSPS) is 21.4. The highest BCUT2D eigenvalue weighted by Crippen LogP contribution is 2.33. The van der Waals surface area contributed by atoms with Gasteiger partial charge in [-0.15, -0.1) is 0 Å². The Morgan fingerprint density at radius 3 is 2.66 bits per heavy atom. The molecule has 154 valence electrons. The minimum Gasteiger partial charge on any atom is -0.494 e. The molecule has 1 N–H and O–H groups in total. The van der Waals surface area contributed by atoms with Crippen LogP contribution in [0.25, 0.3) is 0 Å². The molecule has 0 bridgehead atoms. The standard InChI is InChI=1S/C24H29NO4/c1-4-29-19-7-5-17(6-8-19)11-18-12-20-21(16(3)15(18)2)13-25(24(20)27)22-14-28-10-9-23(22)26/h5-8,12,22-23,26H,4,9-11,13-14H2,1-3H3/t22-,23-/m0/s1. The number of carbonyl (C=O) groups excluding carboxylic acids is 1. The van der Waals surface area contributed by atoms with Crippen LogP contribution in [0.2, 0.25) is 0 Å². The van der Waals surface area contributed by atoms with Crippen molar-refractivity contribution >= 4 is 5.91 Å². The fraction of sp³-hybridized carbons (Fsp3) is 0.458. The molecule has 0 spiro atoms. The molecule has 1 amide bonds. The van der Waals surface area contributed by atoms with Crippen molar-refractivity contribution in [2.24, 2.45) is 0 Å². The predicted molar refractivity (Wildman–Crippen MR) is 111 cm³/mol. The minimum absolute atomic E-state index is 0.00518. The average Bonchev–Trinajstić information content (AvgIpc) is 3.04. The summed E-state index contributed by atoms with van der Waals surface area (Å²) in [5, 5.41) is 10.4. The van der Waals surface area contributed by atoms with Crippen LogP contribution in [0.4, 0.5) is 0 Å². The monoisotopic (exact) mass is 395 g/mol. The lowest BCUT2D eigenvalue weighted by atomic mass is 9.91. The topological polar surface area (TPSA) is 59.0 Å². The Morgan fingerprint density at radius 2 is 1.97 bits per heavy atom. The molecule has 2 atom stereocenters. The highest BCUT2D eigenvalue weighted by atomic mass is 16.5. The van der Waals surface area contributed by atoms with E-state index < -0.39 is 6.10 Å². The zero-order valence-electron chi connectivity index (χ0n) is 17.4. The van der Waals surface area contributed by atoms with Crippen molar-refractivity contribution in [2.45, 2.75) is 52.3 Å². The lowest BCUT2D eigenvalue weighted by Crippen LogP contribution is -2.49. The van der Waals surface area contributed by atoms with E-state index in [2.05, 4.69) is 26.0 Å². The molecule has 1 fully saturated rings. The summed E-state index contributed by atoms with van der Waals surface area (Å²) in [6.07, 6.45) is 0.826. The predicted octanol–water partition coefficient (Wildman–Crippen LogP) is 3.40. The lowest BCUT2D eigenvalue weighted by molar-refractivity contribution is -0.0528. The number of nitrogens with zero attached hydrogens (tertiary/aromatic N) is 1. The maximum Gasteiger partial charge on any atom is 0.254 e. The summed E-state index contributed by atoms with van der Waals surface area (Å²) in [4.78, 5) is 15.0. The van der Waals surface area contributed by atoms with Gasteiger partial charge in [-0.05, 0) is 79.6 Å². The van der Waals surface area contributed by atoms with E-state index in [1.807, 2.05) is 25.1 Å². The van der Waals surface area contributed by atoms with Crippen molar-refractivity contribution < 1.29 is 19.4 Å². The molecule has 0 aliphatic carbocycles. The second kappa shape index (κ2) is 8.17. The van der Waals surface area contributed by atoms with Crippen LogP contribution < -0.4 is 4.74 Å². The molecule has 2 aliphatic rings. The van der Waals surface area contributed by atoms with Crippen molar-refractivity contribution in [1.82, 2.24) is 4.90 Å². The Hall–Kier alpha value is -2.37. The molecule has 0 unspecified atom stereocenters. The molecular weight excluding hydrogens is 366 g/mol. The maximum atomic E-state index is 13.2. The highest BCUT2D eigenvalue weighted by molar-refractivity contribution is 5.99. The minimum atomic E-state index is -0.522. The van der Waals surface area contributed by atoms with E-state index in [9.17, 15) is 9.90 Å². The van der Waals surface area contributed by atoms with E-state index in [-0.39, 0.29) is 11.9 Å². The number of aliphatic hydroxyl groups excluding tert-OH is 1. The van der Waals surface area contributed by atoms with Crippen molar-refractivity contribution in [2.75, 3.05) is 19.8 Å². The molecule has 1 saturated heterocycles. The van der Waals surface area contributed by atoms with Gasteiger partial charge in [-0.25, -0.2) is 0 Å². The number of hydrogen-bond donors (Lipinski definition) is 1. The Kier molecular flexibility index (Phi) is 5.61. The first-order valence-corrected chi connectivity index (χ1v) is 10.4. The van der Waals surface area contributed by atoms with Crippen molar-refractivity contribution in [3.8, 4) is 5.75 Å². The Morgan fingerprint density at radius 1 is 1.21 bits per heavy atom. The third kappa shape index (κ3) is 3.77. The van der Waals surface area contributed by atoms with Gasteiger partial charge in [0.2, 0.25) is 0 Å². The number of aliphatic hydroxyl groups is 1. The van der Waals surface area contributed by atoms with Crippen LogP contribution in [0.15, 0.2) is 30.3 Å². The highest BCUT2D eigenvalue weighted by Gasteiger charge is 2.39. The van der Waals surface area contributed by atoms with Crippen LogP contribution in [0.5, 0.6) is 5.75 Å². The molecule has 29 heavy (non-hydrogen) atoms. The van der Waals surface area contributed by atoms with E-state index >= 15 is 0 Å². The number of fused-ring (bicyclic) bond motifs is 1.